The number of rotatable bonds is 4. The fourth-order valence-corrected chi connectivity index (χ4v) is 4.05. The molecule has 21 heavy (non-hydrogen) atoms. The summed E-state index contributed by atoms with van der Waals surface area (Å²) in [5, 5.41) is 11.0. The van der Waals surface area contributed by atoms with Gasteiger partial charge in [-0.1, -0.05) is 29.8 Å². The molecule has 3 nitrogen and oxygen atoms in total. The number of likely N-dealkylation sites (N-methyl/N-ethyl adjacent to an activating group) is 1. The number of benzene rings is 1. The maximum absolute atomic E-state index is 10.4. The van der Waals surface area contributed by atoms with Crippen LogP contribution in [-0.4, -0.2) is 53.7 Å². The van der Waals surface area contributed by atoms with Crippen LogP contribution in [0.4, 0.5) is 0 Å². The van der Waals surface area contributed by atoms with Crippen molar-refractivity contribution in [3.63, 3.8) is 0 Å². The zero-order valence-corrected chi connectivity index (χ0v) is 13.5. The normalized spacial score (nSPS) is 28.5. The quantitative estimate of drug-likeness (QED) is 0.926. The second-order valence-corrected chi connectivity index (χ2v) is 6.87. The van der Waals surface area contributed by atoms with Gasteiger partial charge in [0.25, 0.3) is 0 Å². The maximum Gasteiger partial charge on any atom is 0.0816 e. The van der Waals surface area contributed by atoms with E-state index in [2.05, 4.69) is 16.8 Å². The van der Waals surface area contributed by atoms with Gasteiger partial charge in [-0.15, -0.1) is 0 Å². The van der Waals surface area contributed by atoms with Crippen LogP contribution in [0.3, 0.4) is 0 Å². The molecule has 2 aliphatic rings. The van der Waals surface area contributed by atoms with Crippen molar-refractivity contribution in [3.05, 3.63) is 34.9 Å². The highest BCUT2D eigenvalue weighted by Gasteiger charge is 2.34. The van der Waals surface area contributed by atoms with Crippen LogP contribution in [0.25, 0.3) is 0 Å². The number of likely N-dealkylation sites (tertiary alicyclic amines) is 1. The van der Waals surface area contributed by atoms with Crippen LogP contribution in [0, 0.1) is 0 Å². The molecule has 0 spiro atoms. The monoisotopic (exact) mass is 308 g/mol. The van der Waals surface area contributed by atoms with Crippen LogP contribution >= 0.6 is 11.6 Å². The number of aliphatic hydroxyl groups excluding tert-OH is 1. The first-order valence-electron chi connectivity index (χ1n) is 8.02. The predicted octanol–water partition coefficient (Wildman–Crippen LogP) is 2.93. The standard InChI is InChI=1S/C17H25ClN2O/c1-19-13-6-7-14(19)12-20(10-8-13)11-9-17(21)15-4-2-3-5-16(15)18/h2-5,13-14,17,21H,6-12H2,1H3. The Balaban J connectivity index is 1.54. The molecule has 2 heterocycles. The lowest BCUT2D eigenvalue weighted by molar-refractivity contribution is 0.137. The Bertz CT molecular complexity index is 482. The summed E-state index contributed by atoms with van der Waals surface area (Å²) >= 11 is 6.16. The summed E-state index contributed by atoms with van der Waals surface area (Å²) in [5.41, 5.74) is 0.854. The van der Waals surface area contributed by atoms with Crippen molar-refractivity contribution in [1.82, 2.24) is 9.80 Å². The van der Waals surface area contributed by atoms with Crippen LogP contribution in [0.5, 0.6) is 0 Å². The average molecular weight is 309 g/mol. The predicted molar refractivity (Wildman–Crippen MR) is 86.7 cm³/mol. The van der Waals surface area contributed by atoms with Gasteiger partial charge in [0.1, 0.15) is 0 Å². The van der Waals surface area contributed by atoms with Gasteiger partial charge < -0.3 is 10.0 Å². The molecule has 0 aliphatic carbocycles. The van der Waals surface area contributed by atoms with Crippen molar-refractivity contribution >= 4 is 11.6 Å². The summed E-state index contributed by atoms with van der Waals surface area (Å²) in [6, 6.07) is 9.08. The molecule has 0 saturated carbocycles. The first-order chi connectivity index (χ1) is 10.1. The van der Waals surface area contributed by atoms with E-state index in [0.717, 1.165) is 37.7 Å². The summed E-state index contributed by atoms with van der Waals surface area (Å²) < 4.78 is 0. The smallest absolute Gasteiger partial charge is 0.0816 e. The van der Waals surface area contributed by atoms with Crippen molar-refractivity contribution in [2.24, 2.45) is 0 Å². The van der Waals surface area contributed by atoms with E-state index in [-0.39, 0.29) is 0 Å². The van der Waals surface area contributed by atoms with E-state index in [1.807, 2.05) is 24.3 Å². The zero-order chi connectivity index (χ0) is 14.8. The highest BCUT2D eigenvalue weighted by molar-refractivity contribution is 6.31. The Labute approximate surface area is 132 Å². The molecule has 1 aromatic rings. The van der Waals surface area contributed by atoms with Gasteiger partial charge in [-0.3, -0.25) is 4.90 Å². The number of hydrogen-bond acceptors (Lipinski definition) is 3. The average Bonchev–Trinajstić information content (AvgIpc) is 2.72. The van der Waals surface area contributed by atoms with E-state index in [0.29, 0.717) is 11.1 Å². The largest absolute Gasteiger partial charge is 0.388 e. The van der Waals surface area contributed by atoms with Gasteiger partial charge >= 0.3 is 0 Å². The minimum absolute atomic E-state index is 0.461. The molecule has 2 bridgehead atoms. The molecule has 3 atom stereocenters. The van der Waals surface area contributed by atoms with Crippen LogP contribution in [0.15, 0.2) is 24.3 Å². The van der Waals surface area contributed by atoms with Gasteiger partial charge in [0.15, 0.2) is 0 Å². The molecule has 0 radical (unpaired) electrons. The molecule has 4 heteroatoms. The Kier molecular flexibility index (Phi) is 4.85. The molecule has 116 valence electrons. The molecule has 3 unspecified atom stereocenters. The summed E-state index contributed by atoms with van der Waals surface area (Å²) in [7, 11) is 2.27. The van der Waals surface area contributed by atoms with Crippen molar-refractivity contribution in [1.29, 1.82) is 0 Å². The third-order valence-corrected chi connectivity index (χ3v) is 5.56. The minimum atomic E-state index is -0.461. The lowest BCUT2D eigenvalue weighted by Gasteiger charge is -2.26. The van der Waals surface area contributed by atoms with Crippen molar-refractivity contribution < 1.29 is 5.11 Å². The summed E-state index contributed by atoms with van der Waals surface area (Å²) in [4.78, 5) is 5.07. The Morgan fingerprint density at radius 1 is 1.24 bits per heavy atom. The lowest BCUT2D eigenvalue weighted by Crippen LogP contribution is -2.37. The molecule has 0 aromatic heterocycles. The number of hydrogen-bond donors (Lipinski definition) is 1. The van der Waals surface area contributed by atoms with E-state index < -0.39 is 6.10 Å². The Morgan fingerprint density at radius 2 is 2.00 bits per heavy atom. The summed E-state index contributed by atoms with van der Waals surface area (Å²) in [6.45, 7) is 3.24. The summed E-state index contributed by atoms with van der Waals surface area (Å²) in [5.74, 6) is 0. The molecule has 0 amide bonds. The molecule has 1 N–H and O–H groups in total. The molecular weight excluding hydrogens is 284 g/mol. The molecule has 2 aliphatic heterocycles. The van der Waals surface area contributed by atoms with E-state index in [4.69, 9.17) is 11.6 Å². The maximum atomic E-state index is 10.4. The second-order valence-electron chi connectivity index (χ2n) is 6.47. The van der Waals surface area contributed by atoms with Gasteiger partial charge in [-0.05, 0) is 50.9 Å². The van der Waals surface area contributed by atoms with E-state index in [1.54, 1.807) is 0 Å². The highest BCUT2D eigenvalue weighted by Crippen LogP contribution is 2.29. The van der Waals surface area contributed by atoms with Gasteiger partial charge in [-0.2, -0.15) is 0 Å². The highest BCUT2D eigenvalue weighted by atomic mass is 35.5. The van der Waals surface area contributed by atoms with E-state index >= 15 is 0 Å². The minimum Gasteiger partial charge on any atom is -0.388 e. The first-order valence-corrected chi connectivity index (χ1v) is 8.39. The van der Waals surface area contributed by atoms with Crippen molar-refractivity contribution in [2.75, 3.05) is 26.7 Å². The third-order valence-electron chi connectivity index (χ3n) is 5.22. The topological polar surface area (TPSA) is 26.7 Å². The number of fused-ring (bicyclic) bond motifs is 2. The fraction of sp³-hybridized carbons (Fsp3) is 0.647. The van der Waals surface area contributed by atoms with Crippen LogP contribution in [-0.2, 0) is 0 Å². The number of nitrogens with zero attached hydrogens (tertiary/aromatic N) is 2. The number of halogens is 1. The van der Waals surface area contributed by atoms with Crippen molar-refractivity contribution in [3.8, 4) is 0 Å². The van der Waals surface area contributed by atoms with Crippen LogP contribution in [0.2, 0.25) is 5.02 Å². The van der Waals surface area contributed by atoms with Crippen LogP contribution < -0.4 is 0 Å². The molecule has 3 rings (SSSR count). The van der Waals surface area contributed by atoms with Gasteiger partial charge in [0.05, 0.1) is 6.10 Å². The fourth-order valence-electron chi connectivity index (χ4n) is 3.79. The summed E-state index contributed by atoms with van der Waals surface area (Å²) in [6.07, 6.45) is 4.24. The molecular formula is C17H25ClN2O. The molecule has 2 fully saturated rings. The second kappa shape index (κ2) is 6.66. The zero-order valence-electron chi connectivity index (χ0n) is 12.7. The third kappa shape index (κ3) is 3.42. The first kappa shape index (κ1) is 15.3. The lowest BCUT2D eigenvalue weighted by atomic mass is 10.0. The van der Waals surface area contributed by atoms with E-state index in [1.165, 1.54) is 19.3 Å². The van der Waals surface area contributed by atoms with Gasteiger partial charge in [-0.25, -0.2) is 0 Å². The molecule has 2 saturated heterocycles. The van der Waals surface area contributed by atoms with Crippen LogP contribution in [0.1, 0.15) is 37.4 Å². The molecule has 1 aromatic carbocycles. The Hall–Kier alpha value is -0.610. The SMILES string of the molecule is CN1C2CCC1CN(CCC(O)c1ccccc1Cl)CC2. The van der Waals surface area contributed by atoms with Crippen molar-refractivity contribution in [2.45, 2.75) is 43.9 Å². The Morgan fingerprint density at radius 3 is 2.81 bits per heavy atom. The number of aliphatic hydroxyl groups is 1. The van der Waals surface area contributed by atoms with Gasteiger partial charge in [0.2, 0.25) is 0 Å². The van der Waals surface area contributed by atoms with Gasteiger partial charge in [0, 0.05) is 30.2 Å². The van der Waals surface area contributed by atoms with E-state index in [9.17, 15) is 5.11 Å².